The van der Waals surface area contributed by atoms with E-state index < -0.39 is 73.6 Å². The molecule has 3 saturated carbocycles. The van der Waals surface area contributed by atoms with E-state index in [0.717, 1.165) is 64.2 Å². The van der Waals surface area contributed by atoms with E-state index in [9.17, 15) is 10.2 Å². The van der Waals surface area contributed by atoms with Crippen LogP contribution in [0.2, 0.25) is 0 Å². The summed E-state index contributed by atoms with van der Waals surface area (Å²) in [6.07, 6.45) is 6.62. The summed E-state index contributed by atoms with van der Waals surface area (Å²) in [5.74, 6) is -1.08. The summed E-state index contributed by atoms with van der Waals surface area (Å²) in [5, 5.41) is 82.4. The van der Waals surface area contributed by atoms with Gasteiger partial charge in [-0.15, -0.1) is 0 Å². The molecule has 0 radical (unpaired) electrons. The number of methoxy groups -OCH3 is 1. The first-order valence-electron chi connectivity index (χ1n) is 17.1. The highest BCUT2D eigenvalue weighted by molar-refractivity contribution is 4.93. The molecule has 14 nitrogen and oxygen atoms in total. The maximum absolute atomic E-state index is 10.6. The maximum atomic E-state index is 10.6. The molecule has 2 spiro atoms. The van der Waals surface area contributed by atoms with Gasteiger partial charge in [-0.3, -0.25) is 0 Å². The van der Waals surface area contributed by atoms with E-state index in [1.807, 2.05) is 0 Å². The van der Waals surface area contributed by atoms with Crippen LogP contribution in [0.25, 0.3) is 0 Å². The molecule has 8 atom stereocenters. The highest BCUT2D eigenvalue weighted by Gasteiger charge is 2.50. The molecule has 0 unspecified atom stereocenters. The number of aliphatic hydroxyl groups is 9. The van der Waals surface area contributed by atoms with E-state index in [-0.39, 0.29) is 12.2 Å². The lowest BCUT2D eigenvalue weighted by Crippen LogP contribution is -2.48. The molecule has 272 valence electrons. The van der Waals surface area contributed by atoms with Gasteiger partial charge < -0.3 is 69.6 Å². The molecular weight excluding hydrogens is 608 g/mol. The second kappa shape index (κ2) is 19.0. The van der Waals surface area contributed by atoms with Gasteiger partial charge in [0.05, 0.1) is 38.6 Å². The molecule has 5 fully saturated rings. The quantitative estimate of drug-likeness (QED) is 0.144. The van der Waals surface area contributed by atoms with Gasteiger partial charge in [0.1, 0.15) is 48.8 Å². The highest BCUT2D eigenvalue weighted by Crippen LogP contribution is 2.41. The SMILES string of the molecule is COC1(CO)CCCCC1.OC[C@H](O)[C@H](O)[C@@H](O)[C@@H](O)CO.O[C@H]([C@@H](O)[C@@H]1COC2(CCCCC2)O1)[C@@H]1COC2(CCCCC2)O1. The van der Waals surface area contributed by atoms with Crippen LogP contribution in [0.3, 0.4) is 0 Å². The Morgan fingerprint density at radius 2 is 0.913 bits per heavy atom. The van der Waals surface area contributed by atoms with Gasteiger partial charge in [-0.05, 0) is 38.5 Å². The number of aliphatic hydroxyl groups excluding tert-OH is 9. The predicted molar refractivity (Wildman–Crippen MR) is 163 cm³/mol. The Morgan fingerprint density at radius 3 is 1.20 bits per heavy atom. The minimum absolute atomic E-state index is 0.182. The highest BCUT2D eigenvalue weighted by atomic mass is 16.8. The van der Waals surface area contributed by atoms with Crippen molar-refractivity contribution in [2.24, 2.45) is 0 Å². The molecule has 2 heterocycles. The topological polar surface area (TPSA) is 228 Å². The average molecular weight is 669 g/mol. The largest absolute Gasteiger partial charge is 0.394 e. The third kappa shape index (κ3) is 10.7. The Labute approximate surface area is 272 Å². The van der Waals surface area contributed by atoms with Gasteiger partial charge in [-0.25, -0.2) is 0 Å². The molecule has 0 aromatic rings. The lowest BCUT2D eigenvalue weighted by atomic mass is 9.85. The maximum Gasteiger partial charge on any atom is 0.169 e. The molecule has 0 aromatic heterocycles. The summed E-state index contributed by atoms with van der Waals surface area (Å²) < 4.78 is 29.1. The predicted octanol–water partition coefficient (Wildman–Crippen LogP) is -0.398. The molecule has 9 N–H and O–H groups in total. The molecule has 46 heavy (non-hydrogen) atoms. The monoisotopic (exact) mass is 668 g/mol. The minimum atomic E-state index is -1.67. The van der Waals surface area contributed by atoms with Gasteiger partial charge in [0.2, 0.25) is 0 Å². The van der Waals surface area contributed by atoms with E-state index >= 15 is 0 Å². The van der Waals surface area contributed by atoms with Crippen LogP contribution in [0.4, 0.5) is 0 Å². The van der Waals surface area contributed by atoms with Crippen molar-refractivity contribution in [1.82, 2.24) is 0 Å². The summed E-state index contributed by atoms with van der Waals surface area (Å²) in [7, 11) is 1.70. The van der Waals surface area contributed by atoms with Crippen LogP contribution in [0.5, 0.6) is 0 Å². The summed E-state index contributed by atoms with van der Waals surface area (Å²) >= 11 is 0. The third-order valence-corrected chi connectivity index (χ3v) is 10.1. The first-order chi connectivity index (χ1) is 22.0. The van der Waals surface area contributed by atoms with Crippen molar-refractivity contribution in [2.75, 3.05) is 40.1 Å². The molecule has 5 aliphatic rings. The number of hydrogen-bond donors (Lipinski definition) is 9. The van der Waals surface area contributed by atoms with Gasteiger partial charge in [0, 0.05) is 32.8 Å². The molecule has 5 rings (SSSR count). The average Bonchev–Trinajstić information content (AvgIpc) is 3.71. The number of ether oxygens (including phenoxy) is 5. The van der Waals surface area contributed by atoms with Crippen molar-refractivity contribution < 1.29 is 69.6 Å². The van der Waals surface area contributed by atoms with E-state index in [4.69, 9.17) is 59.4 Å². The van der Waals surface area contributed by atoms with E-state index in [1.165, 1.54) is 32.1 Å². The molecule has 2 aliphatic heterocycles. The Hall–Kier alpha value is -0.560. The molecule has 14 heteroatoms. The zero-order valence-electron chi connectivity index (χ0n) is 27.3. The molecule has 2 saturated heterocycles. The van der Waals surface area contributed by atoms with Crippen LogP contribution in [0.15, 0.2) is 0 Å². The molecule has 0 bridgehead atoms. The zero-order chi connectivity index (χ0) is 33.8. The van der Waals surface area contributed by atoms with E-state index in [0.29, 0.717) is 13.2 Å². The van der Waals surface area contributed by atoms with Gasteiger partial charge >= 0.3 is 0 Å². The van der Waals surface area contributed by atoms with Crippen LogP contribution in [-0.2, 0) is 23.7 Å². The normalized spacial score (nSPS) is 30.7. The van der Waals surface area contributed by atoms with Crippen LogP contribution in [0.1, 0.15) is 96.3 Å². The van der Waals surface area contributed by atoms with Crippen molar-refractivity contribution in [2.45, 2.75) is 162 Å². The lowest BCUT2D eigenvalue weighted by Gasteiger charge is -2.34. The Morgan fingerprint density at radius 1 is 0.565 bits per heavy atom. The molecule has 3 aliphatic carbocycles. The second-order valence-electron chi connectivity index (χ2n) is 13.4. The number of hydrogen-bond acceptors (Lipinski definition) is 14. The van der Waals surface area contributed by atoms with Crippen LogP contribution in [0, 0.1) is 0 Å². The Balaban J connectivity index is 0.000000219. The van der Waals surface area contributed by atoms with Crippen LogP contribution in [-0.4, -0.2) is 152 Å². The number of rotatable bonds is 10. The van der Waals surface area contributed by atoms with Gasteiger partial charge in [-0.1, -0.05) is 32.1 Å². The van der Waals surface area contributed by atoms with Crippen LogP contribution >= 0.6 is 0 Å². The fourth-order valence-electron chi connectivity index (χ4n) is 6.93. The molecule has 0 amide bonds. The smallest absolute Gasteiger partial charge is 0.169 e. The van der Waals surface area contributed by atoms with Crippen molar-refractivity contribution in [3.05, 3.63) is 0 Å². The van der Waals surface area contributed by atoms with Crippen molar-refractivity contribution in [3.63, 3.8) is 0 Å². The second-order valence-corrected chi connectivity index (χ2v) is 13.4. The summed E-state index contributed by atoms with van der Waals surface area (Å²) in [4.78, 5) is 0. The first-order valence-corrected chi connectivity index (χ1v) is 17.1. The summed E-state index contributed by atoms with van der Waals surface area (Å²) in [6, 6.07) is 0. The van der Waals surface area contributed by atoms with E-state index in [1.54, 1.807) is 7.11 Å². The van der Waals surface area contributed by atoms with Crippen molar-refractivity contribution in [1.29, 1.82) is 0 Å². The van der Waals surface area contributed by atoms with Gasteiger partial charge in [0.25, 0.3) is 0 Å². The van der Waals surface area contributed by atoms with Gasteiger partial charge in [-0.2, -0.15) is 0 Å². The van der Waals surface area contributed by atoms with E-state index in [2.05, 4.69) is 0 Å². The lowest BCUT2D eigenvalue weighted by molar-refractivity contribution is -0.217. The first kappa shape index (κ1) is 39.9. The Kier molecular flexibility index (Phi) is 16.5. The van der Waals surface area contributed by atoms with Gasteiger partial charge in [0.15, 0.2) is 11.6 Å². The minimum Gasteiger partial charge on any atom is -0.394 e. The fourth-order valence-corrected chi connectivity index (χ4v) is 6.93. The summed E-state index contributed by atoms with van der Waals surface area (Å²) in [5.41, 5.74) is -0.182. The van der Waals surface area contributed by atoms with Crippen LogP contribution < -0.4 is 0 Å². The Bertz CT molecular complexity index is 770. The fraction of sp³-hybridized carbons (Fsp3) is 1.00. The van der Waals surface area contributed by atoms with Crippen molar-refractivity contribution >= 4 is 0 Å². The third-order valence-electron chi connectivity index (χ3n) is 10.1. The zero-order valence-corrected chi connectivity index (χ0v) is 27.3. The summed E-state index contributed by atoms with van der Waals surface area (Å²) in [6.45, 7) is -0.607. The molecule has 0 aromatic carbocycles. The molecular formula is C32H60O14. The van der Waals surface area contributed by atoms with Crippen molar-refractivity contribution in [3.8, 4) is 0 Å². The standard InChI is InChI=1S/C18H30O6.C8H16O2.C6H14O6/c19-15(13-11-21-17(23-13)7-3-1-4-8-17)16(20)14-12-22-18(24-14)9-5-2-6-10-18;1-10-8(7-9)5-3-2-4-6-8;7-1-3(9)5(11)6(12)4(10)2-8/h13-16,19-20H,1-12H2;9H,2-7H2,1H3;3-12H,1-2H2/t13-,14-,15-,16-;;3-,4-,5-,6-/m0.0/s1.